The largest absolute Gasteiger partial charge is 0.378 e. The molecule has 0 aromatic carbocycles. The lowest BCUT2D eigenvalue weighted by atomic mass is 10.2. The van der Waals surface area contributed by atoms with Crippen LogP contribution in [0.1, 0.15) is 36.4 Å². The molecule has 3 rings (SSSR count). The number of nitrogens with one attached hydrogen (secondary N) is 1. The number of rotatable bonds is 5. The van der Waals surface area contributed by atoms with Gasteiger partial charge in [0.1, 0.15) is 5.01 Å². The number of thiazole rings is 1. The second kappa shape index (κ2) is 5.15. The van der Waals surface area contributed by atoms with E-state index in [-0.39, 0.29) is 0 Å². The van der Waals surface area contributed by atoms with E-state index in [4.69, 9.17) is 21.9 Å². The van der Waals surface area contributed by atoms with Gasteiger partial charge in [-0.25, -0.2) is 4.98 Å². The third kappa shape index (κ3) is 2.37. The zero-order valence-electron chi connectivity index (χ0n) is 11.0. The summed E-state index contributed by atoms with van der Waals surface area (Å²) >= 11 is 6.92. The number of hydrogen-bond donors (Lipinski definition) is 1. The number of nitrogens with zero attached hydrogens (tertiary/aromatic N) is 3. The summed E-state index contributed by atoms with van der Waals surface area (Å²) in [6.45, 7) is 3.44. The minimum Gasteiger partial charge on any atom is -0.378 e. The predicted molar refractivity (Wildman–Crippen MR) is 76.9 cm³/mol. The van der Waals surface area contributed by atoms with Gasteiger partial charge in [0.2, 0.25) is 0 Å². The Hall–Kier alpha value is -1.05. The first-order chi connectivity index (χ1) is 9.24. The van der Waals surface area contributed by atoms with Crippen LogP contribution in [0, 0.1) is 4.77 Å². The molecular formula is C12H16N4OS2. The summed E-state index contributed by atoms with van der Waals surface area (Å²) in [6.07, 6.45) is 2.45. The van der Waals surface area contributed by atoms with Gasteiger partial charge in [-0.1, -0.05) is 0 Å². The average Bonchev–Trinajstić information content (AvgIpc) is 3.06. The van der Waals surface area contributed by atoms with Crippen LogP contribution in [-0.4, -0.2) is 26.9 Å². The fraction of sp³-hybridized carbons (Fsp3) is 0.583. The van der Waals surface area contributed by atoms with Crippen molar-refractivity contribution in [3.05, 3.63) is 15.5 Å². The Morgan fingerprint density at radius 1 is 1.53 bits per heavy atom. The Bertz CT molecular complexity index is 638. The minimum atomic E-state index is 0.557. The van der Waals surface area contributed by atoms with Gasteiger partial charge >= 0.3 is 0 Å². The SMILES string of the molecule is CCn1c(-c2sc(COC)nc2C2CC2)n[nH]c1=S. The summed E-state index contributed by atoms with van der Waals surface area (Å²) in [5.74, 6) is 1.50. The molecule has 0 bridgehead atoms. The van der Waals surface area contributed by atoms with Crippen molar-refractivity contribution in [3.63, 3.8) is 0 Å². The van der Waals surface area contributed by atoms with E-state index in [1.54, 1.807) is 18.4 Å². The minimum absolute atomic E-state index is 0.557. The van der Waals surface area contributed by atoms with Gasteiger partial charge in [0.05, 0.1) is 17.2 Å². The zero-order chi connectivity index (χ0) is 13.4. The van der Waals surface area contributed by atoms with Crippen molar-refractivity contribution in [3.8, 4) is 10.7 Å². The van der Waals surface area contributed by atoms with Crippen molar-refractivity contribution < 1.29 is 4.74 Å². The number of methoxy groups -OCH3 is 1. The molecule has 2 aromatic heterocycles. The Kier molecular flexibility index (Phi) is 3.51. The number of ether oxygens (including phenoxy) is 1. The molecule has 0 aliphatic heterocycles. The van der Waals surface area contributed by atoms with Crippen molar-refractivity contribution in [1.82, 2.24) is 19.7 Å². The highest BCUT2D eigenvalue weighted by molar-refractivity contribution is 7.71. The molecule has 0 unspecified atom stereocenters. The highest BCUT2D eigenvalue weighted by Crippen LogP contribution is 2.45. The molecule has 1 fully saturated rings. The van der Waals surface area contributed by atoms with Crippen LogP contribution in [0.5, 0.6) is 0 Å². The van der Waals surface area contributed by atoms with E-state index in [1.165, 1.54) is 18.5 Å². The molecule has 1 aliphatic rings. The van der Waals surface area contributed by atoms with Crippen molar-refractivity contribution in [2.45, 2.75) is 38.8 Å². The molecule has 19 heavy (non-hydrogen) atoms. The summed E-state index contributed by atoms with van der Waals surface area (Å²) in [5.41, 5.74) is 1.17. The summed E-state index contributed by atoms with van der Waals surface area (Å²) in [5, 5.41) is 8.26. The van der Waals surface area contributed by atoms with Crippen LogP contribution in [0.15, 0.2) is 0 Å². The van der Waals surface area contributed by atoms with Crippen molar-refractivity contribution in [2.24, 2.45) is 0 Å². The molecule has 0 radical (unpaired) electrons. The smallest absolute Gasteiger partial charge is 0.195 e. The number of H-pyrrole nitrogens is 1. The molecule has 2 aromatic rings. The number of hydrogen-bond acceptors (Lipinski definition) is 5. The molecule has 0 spiro atoms. The van der Waals surface area contributed by atoms with Crippen LogP contribution < -0.4 is 0 Å². The predicted octanol–water partition coefficient (Wildman–Crippen LogP) is 3.11. The lowest BCUT2D eigenvalue weighted by Gasteiger charge is -2.02. The lowest BCUT2D eigenvalue weighted by Crippen LogP contribution is -1.98. The summed E-state index contributed by atoms with van der Waals surface area (Å²) < 4.78 is 7.87. The maximum absolute atomic E-state index is 5.26. The third-order valence-corrected chi connectivity index (χ3v) is 4.56. The standard InChI is InChI=1S/C12H16N4OS2/c1-3-16-11(14-15-12(16)18)10-9(7-4-5-7)13-8(19-10)6-17-2/h7H,3-6H2,1-2H3,(H,15,18). The third-order valence-electron chi connectivity index (χ3n) is 3.21. The summed E-state index contributed by atoms with van der Waals surface area (Å²) in [4.78, 5) is 5.86. The van der Waals surface area contributed by atoms with Crippen LogP contribution in [-0.2, 0) is 17.9 Å². The Labute approximate surface area is 120 Å². The van der Waals surface area contributed by atoms with Crippen molar-refractivity contribution in [2.75, 3.05) is 7.11 Å². The van der Waals surface area contributed by atoms with E-state index < -0.39 is 0 Å². The second-order valence-corrected chi connectivity index (χ2v) is 6.10. The van der Waals surface area contributed by atoms with Gasteiger partial charge in [-0.15, -0.1) is 11.3 Å². The highest BCUT2D eigenvalue weighted by atomic mass is 32.1. The fourth-order valence-electron chi connectivity index (χ4n) is 2.14. The topological polar surface area (TPSA) is 55.7 Å². The molecular weight excluding hydrogens is 280 g/mol. The molecule has 0 atom stereocenters. The lowest BCUT2D eigenvalue weighted by molar-refractivity contribution is 0.184. The molecule has 7 heteroatoms. The Morgan fingerprint density at radius 3 is 2.95 bits per heavy atom. The van der Waals surface area contributed by atoms with Crippen LogP contribution in [0.25, 0.3) is 10.7 Å². The van der Waals surface area contributed by atoms with Crippen LogP contribution >= 0.6 is 23.6 Å². The zero-order valence-corrected chi connectivity index (χ0v) is 12.6. The normalized spacial score (nSPS) is 15.1. The van der Waals surface area contributed by atoms with Gasteiger partial charge in [-0.2, -0.15) is 5.10 Å². The van der Waals surface area contributed by atoms with E-state index in [1.807, 2.05) is 4.57 Å². The van der Waals surface area contributed by atoms with E-state index in [0.29, 0.717) is 17.3 Å². The molecule has 2 heterocycles. The second-order valence-electron chi connectivity index (χ2n) is 4.63. The van der Waals surface area contributed by atoms with Gasteiger partial charge in [-0.05, 0) is 32.0 Å². The van der Waals surface area contributed by atoms with E-state index in [2.05, 4.69) is 17.1 Å². The number of aromatic nitrogens is 4. The van der Waals surface area contributed by atoms with Gasteiger partial charge in [0.25, 0.3) is 0 Å². The first-order valence-electron chi connectivity index (χ1n) is 6.38. The molecule has 1 aliphatic carbocycles. The average molecular weight is 296 g/mol. The van der Waals surface area contributed by atoms with Crippen LogP contribution in [0.3, 0.4) is 0 Å². The maximum atomic E-state index is 5.26. The van der Waals surface area contributed by atoms with Gasteiger partial charge in [0.15, 0.2) is 10.6 Å². The number of aromatic amines is 1. The highest BCUT2D eigenvalue weighted by Gasteiger charge is 2.31. The van der Waals surface area contributed by atoms with Gasteiger partial charge < -0.3 is 4.74 Å². The van der Waals surface area contributed by atoms with E-state index in [0.717, 1.165) is 22.3 Å². The summed E-state index contributed by atoms with van der Waals surface area (Å²) in [6, 6.07) is 0. The molecule has 0 saturated heterocycles. The quantitative estimate of drug-likeness (QED) is 0.861. The molecule has 1 saturated carbocycles. The molecule has 0 amide bonds. The Morgan fingerprint density at radius 2 is 2.32 bits per heavy atom. The summed E-state index contributed by atoms with van der Waals surface area (Å²) in [7, 11) is 1.69. The molecule has 1 N–H and O–H groups in total. The molecule has 102 valence electrons. The monoisotopic (exact) mass is 296 g/mol. The van der Waals surface area contributed by atoms with Crippen LogP contribution in [0.4, 0.5) is 0 Å². The first-order valence-corrected chi connectivity index (χ1v) is 7.61. The van der Waals surface area contributed by atoms with Crippen molar-refractivity contribution in [1.29, 1.82) is 0 Å². The fourth-order valence-corrected chi connectivity index (χ4v) is 3.52. The van der Waals surface area contributed by atoms with E-state index >= 15 is 0 Å². The van der Waals surface area contributed by atoms with Gasteiger partial charge in [0, 0.05) is 19.6 Å². The first kappa shape index (κ1) is 13.0. The maximum Gasteiger partial charge on any atom is 0.195 e. The van der Waals surface area contributed by atoms with E-state index in [9.17, 15) is 0 Å². The van der Waals surface area contributed by atoms with Crippen molar-refractivity contribution >= 4 is 23.6 Å². The van der Waals surface area contributed by atoms with Crippen LogP contribution in [0.2, 0.25) is 0 Å². The Balaban J connectivity index is 2.09. The molecule has 5 nitrogen and oxygen atoms in total. The van der Waals surface area contributed by atoms with Gasteiger partial charge in [-0.3, -0.25) is 9.67 Å².